The maximum atomic E-state index is 10.9. The van der Waals surface area contributed by atoms with Crippen LogP contribution in [0.1, 0.15) is 39.5 Å². The fraction of sp³-hybridized carbons (Fsp3) is 0.833. The summed E-state index contributed by atoms with van der Waals surface area (Å²) in [5.74, 6) is 0.142. The summed E-state index contributed by atoms with van der Waals surface area (Å²) >= 11 is 0. The molecule has 0 aliphatic carbocycles. The lowest BCUT2D eigenvalue weighted by atomic mass is 9.89. The van der Waals surface area contributed by atoms with Crippen molar-refractivity contribution in [2.75, 3.05) is 13.1 Å². The third kappa shape index (κ3) is 4.63. The fourth-order valence-electron chi connectivity index (χ4n) is 1.80. The molecule has 1 fully saturated rings. The monoisotopic (exact) mass is 223 g/mol. The number of nitrogens with one attached hydrogen (secondary N) is 2. The molecule has 1 amide bonds. The SMILES string of the molecule is CC(C)(C#N)CCCCNC1CNC(=O)C1. The van der Waals surface area contributed by atoms with Gasteiger partial charge in [0, 0.05) is 19.0 Å². The average Bonchev–Trinajstić information content (AvgIpc) is 2.64. The highest BCUT2D eigenvalue weighted by molar-refractivity contribution is 5.78. The zero-order chi connectivity index (χ0) is 12.0. The molecule has 2 N–H and O–H groups in total. The van der Waals surface area contributed by atoms with Crippen molar-refractivity contribution in [1.82, 2.24) is 10.6 Å². The molecular formula is C12H21N3O. The quantitative estimate of drug-likeness (QED) is 0.665. The van der Waals surface area contributed by atoms with E-state index in [1.54, 1.807) is 0 Å². The number of nitrogens with zero attached hydrogens (tertiary/aromatic N) is 1. The van der Waals surface area contributed by atoms with Crippen molar-refractivity contribution < 1.29 is 4.79 Å². The van der Waals surface area contributed by atoms with Gasteiger partial charge in [-0.2, -0.15) is 5.26 Å². The van der Waals surface area contributed by atoms with Gasteiger partial charge in [-0.05, 0) is 33.2 Å². The predicted octanol–water partition coefficient (Wildman–Crippen LogP) is 1.18. The van der Waals surface area contributed by atoms with Gasteiger partial charge >= 0.3 is 0 Å². The number of amides is 1. The molecule has 1 saturated heterocycles. The van der Waals surface area contributed by atoms with E-state index >= 15 is 0 Å². The van der Waals surface area contributed by atoms with Crippen molar-refractivity contribution >= 4 is 5.91 Å². The summed E-state index contributed by atoms with van der Waals surface area (Å²) in [5, 5.41) is 15.0. The van der Waals surface area contributed by atoms with E-state index in [1.807, 2.05) is 13.8 Å². The second-order valence-electron chi connectivity index (χ2n) is 5.11. The number of hydrogen-bond acceptors (Lipinski definition) is 3. The molecule has 90 valence electrons. The molecule has 1 heterocycles. The van der Waals surface area contributed by atoms with Crippen molar-refractivity contribution in [3.63, 3.8) is 0 Å². The Morgan fingerprint density at radius 3 is 2.88 bits per heavy atom. The molecule has 1 aliphatic rings. The summed E-state index contributed by atoms with van der Waals surface area (Å²) in [6, 6.07) is 2.61. The molecule has 4 nitrogen and oxygen atoms in total. The maximum Gasteiger partial charge on any atom is 0.221 e. The molecule has 0 radical (unpaired) electrons. The summed E-state index contributed by atoms with van der Waals surface area (Å²) in [4.78, 5) is 10.9. The number of carbonyl (C=O) groups excluding carboxylic acids is 1. The van der Waals surface area contributed by atoms with Crippen LogP contribution in [0.2, 0.25) is 0 Å². The van der Waals surface area contributed by atoms with Crippen molar-refractivity contribution in [3.8, 4) is 6.07 Å². The van der Waals surface area contributed by atoms with Crippen LogP contribution in [0, 0.1) is 16.7 Å². The van der Waals surface area contributed by atoms with Crippen LogP contribution in [0.4, 0.5) is 0 Å². The molecular weight excluding hydrogens is 202 g/mol. The minimum absolute atomic E-state index is 0.142. The summed E-state index contributed by atoms with van der Waals surface area (Å²) < 4.78 is 0. The van der Waals surface area contributed by atoms with Gasteiger partial charge in [-0.3, -0.25) is 4.79 Å². The van der Waals surface area contributed by atoms with Crippen molar-refractivity contribution in [2.24, 2.45) is 5.41 Å². The number of hydrogen-bond donors (Lipinski definition) is 2. The Kier molecular flexibility index (Phi) is 4.75. The number of carbonyl (C=O) groups is 1. The number of unbranched alkanes of at least 4 members (excludes halogenated alkanes) is 1. The van der Waals surface area contributed by atoms with Gasteiger partial charge in [0.2, 0.25) is 5.91 Å². The Morgan fingerprint density at radius 2 is 2.31 bits per heavy atom. The van der Waals surface area contributed by atoms with Crippen LogP contribution in [0.15, 0.2) is 0 Å². The smallest absolute Gasteiger partial charge is 0.221 e. The molecule has 0 saturated carbocycles. The fourth-order valence-corrected chi connectivity index (χ4v) is 1.80. The number of rotatable bonds is 6. The van der Waals surface area contributed by atoms with Crippen LogP contribution in [0.5, 0.6) is 0 Å². The van der Waals surface area contributed by atoms with E-state index in [4.69, 9.17) is 5.26 Å². The second-order valence-corrected chi connectivity index (χ2v) is 5.11. The van der Waals surface area contributed by atoms with Gasteiger partial charge in [0.05, 0.1) is 11.5 Å². The van der Waals surface area contributed by atoms with Crippen LogP contribution < -0.4 is 10.6 Å². The van der Waals surface area contributed by atoms with E-state index in [-0.39, 0.29) is 11.3 Å². The lowest BCUT2D eigenvalue weighted by Crippen LogP contribution is -2.31. The molecule has 1 unspecified atom stereocenters. The van der Waals surface area contributed by atoms with Gasteiger partial charge in [-0.1, -0.05) is 6.42 Å². The highest BCUT2D eigenvalue weighted by atomic mass is 16.1. The Hall–Kier alpha value is -1.08. The Morgan fingerprint density at radius 1 is 1.56 bits per heavy atom. The van der Waals surface area contributed by atoms with Crippen molar-refractivity contribution in [3.05, 3.63) is 0 Å². The first-order valence-electron chi connectivity index (χ1n) is 5.95. The third-order valence-corrected chi connectivity index (χ3v) is 2.94. The Labute approximate surface area is 97.4 Å². The molecule has 1 aliphatic heterocycles. The topological polar surface area (TPSA) is 64.9 Å². The Bertz CT molecular complexity index is 280. The largest absolute Gasteiger partial charge is 0.354 e. The first-order valence-corrected chi connectivity index (χ1v) is 5.95. The van der Waals surface area contributed by atoms with Crippen LogP contribution in [0.3, 0.4) is 0 Å². The molecule has 1 atom stereocenters. The van der Waals surface area contributed by atoms with E-state index in [0.29, 0.717) is 12.5 Å². The summed E-state index contributed by atoms with van der Waals surface area (Å²) in [7, 11) is 0. The minimum atomic E-state index is -0.203. The normalized spacial score (nSPS) is 20.6. The Balaban J connectivity index is 2.01. The van der Waals surface area contributed by atoms with Crippen LogP contribution >= 0.6 is 0 Å². The summed E-state index contributed by atoms with van der Waals surface area (Å²) in [6.07, 6.45) is 3.66. The van der Waals surface area contributed by atoms with Gasteiger partial charge in [-0.25, -0.2) is 0 Å². The maximum absolute atomic E-state index is 10.9. The molecule has 4 heteroatoms. The van der Waals surface area contributed by atoms with E-state index in [2.05, 4.69) is 16.7 Å². The van der Waals surface area contributed by atoms with Crippen molar-refractivity contribution in [2.45, 2.75) is 45.6 Å². The lowest BCUT2D eigenvalue weighted by Gasteiger charge is -2.15. The zero-order valence-corrected chi connectivity index (χ0v) is 10.2. The van der Waals surface area contributed by atoms with Gasteiger partial charge in [0.1, 0.15) is 0 Å². The summed E-state index contributed by atoms with van der Waals surface area (Å²) in [6.45, 7) is 5.63. The standard InChI is InChI=1S/C12H21N3O/c1-12(2,9-13)5-3-4-6-14-10-7-11(16)15-8-10/h10,14H,3-8H2,1-2H3,(H,15,16). The van der Waals surface area contributed by atoms with Gasteiger partial charge in [-0.15, -0.1) is 0 Å². The first kappa shape index (κ1) is 13.0. The van der Waals surface area contributed by atoms with Crippen LogP contribution in [-0.4, -0.2) is 25.0 Å². The summed E-state index contributed by atoms with van der Waals surface area (Å²) in [5.41, 5.74) is -0.203. The van der Waals surface area contributed by atoms with E-state index < -0.39 is 0 Å². The molecule has 0 aromatic carbocycles. The zero-order valence-electron chi connectivity index (χ0n) is 10.2. The molecule has 0 spiro atoms. The molecule has 0 bridgehead atoms. The third-order valence-electron chi connectivity index (χ3n) is 2.94. The van der Waals surface area contributed by atoms with Gasteiger partial charge < -0.3 is 10.6 Å². The van der Waals surface area contributed by atoms with Gasteiger partial charge in [0.25, 0.3) is 0 Å². The van der Waals surface area contributed by atoms with Crippen LogP contribution in [0.25, 0.3) is 0 Å². The lowest BCUT2D eigenvalue weighted by molar-refractivity contribution is -0.119. The predicted molar refractivity (Wildman–Crippen MR) is 62.7 cm³/mol. The van der Waals surface area contributed by atoms with Crippen molar-refractivity contribution in [1.29, 1.82) is 5.26 Å². The molecule has 0 aromatic rings. The van der Waals surface area contributed by atoms with Gasteiger partial charge in [0.15, 0.2) is 0 Å². The average molecular weight is 223 g/mol. The molecule has 0 aromatic heterocycles. The van der Waals surface area contributed by atoms with E-state index in [9.17, 15) is 4.79 Å². The highest BCUT2D eigenvalue weighted by Gasteiger charge is 2.20. The van der Waals surface area contributed by atoms with E-state index in [0.717, 1.165) is 32.4 Å². The van der Waals surface area contributed by atoms with Crippen LogP contribution in [-0.2, 0) is 4.79 Å². The molecule has 16 heavy (non-hydrogen) atoms. The number of nitriles is 1. The first-order chi connectivity index (χ1) is 7.53. The highest BCUT2D eigenvalue weighted by Crippen LogP contribution is 2.21. The minimum Gasteiger partial charge on any atom is -0.354 e. The van der Waals surface area contributed by atoms with E-state index in [1.165, 1.54) is 0 Å². The molecule has 1 rings (SSSR count). The second kappa shape index (κ2) is 5.86.